The summed E-state index contributed by atoms with van der Waals surface area (Å²) in [6.45, 7) is 9.09. The van der Waals surface area contributed by atoms with Gasteiger partial charge in [0.25, 0.3) is 0 Å². The Hall–Kier alpha value is -2.90. The summed E-state index contributed by atoms with van der Waals surface area (Å²) >= 11 is 0. The zero-order chi connectivity index (χ0) is 25.4. The molecule has 0 aromatic heterocycles. The minimum Gasteiger partial charge on any atom is -0.469 e. The van der Waals surface area contributed by atoms with Crippen LogP contribution in [0.4, 0.5) is 4.79 Å². The molecule has 0 unspecified atom stereocenters. The van der Waals surface area contributed by atoms with E-state index in [-0.39, 0.29) is 30.6 Å². The van der Waals surface area contributed by atoms with Crippen LogP contribution < -0.4 is 5.32 Å². The molecule has 1 aliphatic heterocycles. The van der Waals surface area contributed by atoms with Crippen molar-refractivity contribution in [2.24, 2.45) is 0 Å². The highest BCUT2D eigenvalue weighted by Crippen LogP contribution is 2.26. The molecule has 1 heterocycles. The fourth-order valence-electron chi connectivity index (χ4n) is 4.27. The van der Waals surface area contributed by atoms with E-state index in [0.29, 0.717) is 19.7 Å². The summed E-state index contributed by atoms with van der Waals surface area (Å²) in [6.07, 6.45) is 0.241. The molecule has 3 rings (SSSR count). The number of nitrogens with one attached hydrogen (secondary N) is 1. The zero-order valence-corrected chi connectivity index (χ0v) is 21.5. The van der Waals surface area contributed by atoms with Crippen LogP contribution in [-0.2, 0) is 38.6 Å². The number of carbonyl (C=O) groups excluding carboxylic acids is 2. The van der Waals surface area contributed by atoms with Crippen LogP contribution in [0.2, 0.25) is 0 Å². The van der Waals surface area contributed by atoms with E-state index in [0.717, 1.165) is 12.0 Å². The zero-order valence-electron chi connectivity index (χ0n) is 21.5. The molecule has 0 fully saturated rings. The minimum atomic E-state index is -0.611. The third-order valence-electron chi connectivity index (χ3n) is 6.15. The molecule has 2 aromatic carbocycles. The molecule has 7 heteroatoms. The van der Waals surface area contributed by atoms with Crippen molar-refractivity contribution in [3.63, 3.8) is 0 Å². The van der Waals surface area contributed by atoms with Crippen LogP contribution in [0.1, 0.15) is 50.8 Å². The Labute approximate surface area is 208 Å². The van der Waals surface area contributed by atoms with Gasteiger partial charge in [-0.25, -0.2) is 4.79 Å². The number of ether oxygens (including phenoxy) is 3. The van der Waals surface area contributed by atoms with Crippen LogP contribution in [0.3, 0.4) is 0 Å². The Kier molecular flexibility index (Phi) is 9.29. The lowest BCUT2D eigenvalue weighted by molar-refractivity contribution is -0.142. The van der Waals surface area contributed by atoms with Gasteiger partial charge in [-0.3, -0.25) is 9.69 Å². The number of benzene rings is 2. The second-order valence-electron chi connectivity index (χ2n) is 10.1. The van der Waals surface area contributed by atoms with Gasteiger partial charge >= 0.3 is 12.1 Å². The number of hydrogen-bond donors (Lipinski definition) is 1. The lowest BCUT2D eigenvalue weighted by atomic mass is 9.91. The maximum Gasteiger partial charge on any atom is 0.408 e. The van der Waals surface area contributed by atoms with Crippen molar-refractivity contribution in [1.29, 1.82) is 0 Å². The summed E-state index contributed by atoms with van der Waals surface area (Å²) in [5.74, 6) is -0.246. The van der Waals surface area contributed by atoms with Gasteiger partial charge < -0.3 is 19.5 Å². The topological polar surface area (TPSA) is 77.1 Å². The molecule has 3 atom stereocenters. The van der Waals surface area contributed by atoms with Crippen molar-refractivity contribution in [1.82, 2.24) is 10.2 Å². The highest BCUT2D eigenvalue weighted by molar-refractivity contribution is 5.70. The lowest BCUT2D eigenvalue weighted by Gasteiger charge is -2.39. The molecule has 0 aliphatic carbocycles. The van der Waals surface area contributed by atoms with Crippen LogP contribution in [0, 0.1) is 0 Å². The summed E-state index contributed by atoms with van der Waals surface area (Å²) in [7, 11) is 1.41. The number of esters is 1. The smallest absolute Gasteiger partial charge is 0.408 e. The van der Waals surface area contributed by atoms with Crippen LogP contribution >= 0.6 is 0 Å². The first kappa shape index (κ1) is 26.7. The molecule has 0 spiro atoms. The average molecular weight is 483 g/mol. The maximum atomic E-state index is 12.7. The van der Waals surface area contributed by atoms with Gasteiger partial charge in [0, 0.05) is 19.1 Å². The van der Waals surface area contributed by atoms with Gasteiger partial charge in [-0.1, -0.05) is 54.6 Å². The van der Waals surface area contributed by atoms with Crippen LogP contribution in [0.25, 0.3) is 0 Å². The summed E-state index contributed by atoms with van der Waals surface area (Å²) < 4.78 is 16.7. The quantitative estimate of drug-likeness (QED) is 0.531. The Balaban J connectivity index is 1.78. The van der Waals surface area contributed by atoms with Crippen molar-refractivity contribution in [3.05, 3.63) is 71.3 Å². The van der Waals surface area contributed by atoms with Crippen molar-refractivity contribution >= 4 is 12.1 Å². The van der Waals surface area contributed by atoms with E-state index in [1.807, 2.05) is 70.2 Å². The molecular weight excluding hydrogens is 444 g/mol. The van der Waals surface area contributed by atoms with Gasteiger partial charge in [-0.15, -0.1) is 0 Å². The van der Waals surface area contributed by atoms with Gasteiger partial charge in [0.05, 0.1) is 32.3 Å². The van der Waals surface area contributed by atoms with E-state index in [1.54, 1.807) is 0 Å². The van der Waals surface area contributed by atoms with Crippen LogP contribution in [0.5, 0.6) is 0 Å². The predicted molar refractivity (Wildman–Crippen MR) is 135 cm³/mol. The Morgan fingerprint density at radius 2 is 1.71 bits per heavy atom. The van der Waals surface area contributed by atoms with Gasteiger partial charge in [0.1, 0.15) is 5.60 Å². The van der Waals surface area contributed by atoms with E-state index < -0.39 is 11.7 Å². The molecule has 190 valence electrons. The minimum absolute atomic E-state index is 0.0402. The molecule has 0 saturated carbocycles. The number of rotatable bonds is 9. The number of fused-ring (bicyclic) bond motifs is 1. The summed E-state index contributed by atoms with van der Waals surface area (Å²) in [4.78, 5) is 27.1. The SMILES string of the molecule is COC(=O)C[C@H]1Cc2ccccc2CN1C[C@H](NC(=O)OC(C)(C)C)[C@@H](C)OCc1ccccc1. The number of hydrogen-bond acceptors (Lipinski definition) is 6. The number of methoxy groups -OCH3 is 1. The molecule has 7 nitrogen and oxygen atoms in total. The number of amides is 1. The van der Waals surface area contributed by atoms with Crippen molar-refractivity contribution in [2.75, 3.05) is 13.7 Å². The van der Waals surface area contributed by atoms with Gasteiger partial charge in [-0.2, -0.15) is 0 Å². The molecule has 1 N–H and O–H groups in total. The summed E-state index contributed by atoms with van der Waals surface area (Å²) in [6, 6.07) is 17.8. The number of alkyl carbamates (subject to hydrolysis) is 1. The standard InChI is InChI=1S/C28H38N2O5/c1-20(34-19-21-11-7-6-8-12-21)25(29-27(32)35-28(2,3)4)18-30-17-23-14-10-9-13-22(23)15-24(30)16-26(31)33-5/h6-14,20,24-25H,15-19H2,1-5H3,(H,29,32)/t20-,24-,25+/m1/s1. The number of nitrogens with zero attached hydrogens (tertiary/aromatic N) is 1. The highest BCUT2D eigenvalue weighted by Gasteiger charge is 2.33. The molecule has 0 saturated heterocycles. The highest BCUT2D eigenvalue weighted by atomic mass is 16.6. The molecule has 2 aromatic rings. The van der Waals surface area contributed by atoms with E-state index >= 15 is 0 Å². The van der Waals surface area contributed by atoms with E-state index in [9.17, 15) is 9.59 Å². The third-order valence-corrected chi connectivity index (χ3v) is 6.15. The lowest BCUT2D eigenvalue weighted by Crippen LogP contribution is -2.54. The van der Waals surface area contributed by atoms with Gasteiger partial charge in [0.15, 0.2) is 0 Å². The maximum absolute atomic E-state index is 12.7. The second kappa shape index (κ2) is 12.2. The Morgan fingerprint density at radius 1 is 1.06 bits per heavy atom. The normalized spacial score (nSPS) is 17.7. The fourth-order valence-corrected chi connectivity index (χ4v) is 4.27. The van der Waals surface area contributed by atoms with Gasteiger partial charge in [0.2, 0.25) is 0 Å². The van der Waals surface area contributed by atoms with Crippen molar-refractivity contribution < 1.29 is 23.8 Å². The average Bonchev–Trinajstić information content (AvgIpc) is 2.81. The second-order valence-corrected chi connectivity index (χ2v) is 10.1. The van der Waals surface area contributed by atoms with Crippen molar-refractivity contribution in [3.8, 4) is 0 Å². The first-order chi connectivity index (χ1) is 16.6. The largest absolute Gasteiger partial charge is 0.469 e. The predicted octanol–water partition coefficient (Wildman–Crippen LogP) is 4.48. The van der Waals surface area contributed by atoms with E-state index in [1.165, 1.54) is 18.2 Å². The molecule has 35 heavy (non-hydrogen) atoms. The monoisotopic (exact) mass is 482 g/mol. The van der Waals surface area contributed by atoms with E-state index in [4.69, 9.17) is 14.2 Å². The molecule has 1 aliphatic rings. The molecule has 1 amide bonds. The fraction of sp³-hybridized carbons (Fsp3) is 0.500. The first-order valence-electron chi connectivity index (χ1n) is 12.2. The van der Waals surface area contributed by atoms with Gasteiger partial charge in [-0.05, 0) is 50.8 Å². The summed E-state index contributed by atoms with van der Waals surface area (Å²) in [5, 5.41) is 3.02. The Morgan fingerprint density at radius 3 is 2.37 bits per heavy atom. The van der Waals surface area contributed by atoms with E-state index in [2.05, 4.69) is 22.3 Å². The Bertz CT molecular complexity index is 973. The first-order valence-corrected chi connectivity index (χ1v) is 12.2. The molecule has 0 bridgehead atoms. The molecule has 0 radical (unpaired) electrons. The van der Waals surface area contributed by atoms with Crippen molar-refractivity contribution in [2.45, 2.75) is 77.5 Å². The van der Waals surface area contributed by atoms with Crippen LogP contribution in [0.15, 0.2) is 54.6 Å². The molecular formula is C28H38N2O5. The summed E-state index contributed by atoms with van der Waals surface area (Å²) in [5.41, 5.74) is 2.91. The third kappa shape index (κ3) is 8.37. The van der Waals surface area contributed by atoms with Crippen LogP contribution in [-0.4, -0.2) is 54.4 Å². The number of carbonyl (C=O) groups is 2.